The second-order valence-electron chi connectivity index (χ2n) is 7.05. The van der Waals surface area contributed by atoms with E-state index in [9.17, 15) is 8.42 Å². The Morgan fingerprint density at radius 3 is 1.52 bits per heavy atom. The minimum absolute atomic E-state index is 0.251. The van der Waals surface area contributed by atoms with E-state index < -0.39 is 10.0 Å². The number of rotatable bonds is 10. The second-order valence-corrected chi connectivity index (χ2v) is 9.78. The van der Waals surface area contributed by atoms with Crippen molar-refractivity contribution in [3.05, 3.63) is 89.5 Å². The predicted octanol–water partition coefficient (Wildman–Crippen LogP) is 5.03. The molecule has 5 nitrogen and oxygen atoms in total. The highest BCUT2D eigenvalue weighted by molar-refractivity contribution is 9.09. The standard InChI is InChI=1S/C24H26BrNO4S/c1-29-22-9-3-20(4-10-22)17-26(18-21-5-11-23(30-2)12-6-21)31(27,28)24-13-7-19(8-14-24)15-16-25/h3-14H,15-18H2,1-2H3. The average Bonchev–Trinajstić information content (AvgIpc) is 2.80. The molecule has 31 heavy (non-hydrogen) atoms. The third kappa shape index (κ3) is 6.09. The van der Waals surface area contributed by atoms with E-state index in [-0.39, 0.29) is 18.0 Å². The summed E-state index contributed by atoms with van der Waals surface area (Å²) in [5.74, 6) is 1.46. The maximum Gasteiger partial charge on any atom is 0.243 e. The highest BCUT2D eigenvalue weighted by atomic mass is 79.9. The zero-order chi connectivity index (χ0) is 22.3. The molecule has 0 bridgehead atoms. The smallest absolute Gasteiger partial charge is 0.243 e. The molecule has 0 N–H and O–H groups in total. The molecule has 0 atom stereocenters. The number of hydrogen-bond acceptors (Lipinski definition) is 4. The Bertz CT molecular complexity index is 1020. The molecule has 3 aromatic rings. The maximum absolute atomic E-state index is 13.5. The van der Waals surface area contributed by atoms with E-state index in [1.165, 1.54) is 4.31 Å². The van der Waals surface area contributed by atoms with Gasteiger partial charge in [0.25, 0.3) is 0 Å². The summed E-state index contributed by atoms with van der Waals surface area (Å²) in [6.45, 7) is 0.503. The number of methoxy groups -OCH3 is 2. The van der Waals surface area contributed by atoms with Crippen molar-refractivity contribution in [3.8, 4) is 11.5 Å². The van der Waals surface area contributed by atoms with Crippen LogP contribution in [0, 0.1) is 0 Å². The molecule has 3 rings (SSSR count). The molecule has 0 aromatic heterocycles. The van der Waals surface area contributed by atoms with Crippen molar-refractivity contribution >= 4 is 26.0 Å². The molecule has 0 aliphatic rings. The van der Waals surface area contributed by atoms with E-state index in [1.807, 2.05) is 60.7 Å². The molecule has 0 saturated heterocycles. The number of halogens is 1. The summed E-state index contributed by atoms with van der Waals surface area (Å²) >= 11 is 3.42. The molecule has 0 radical (unpaired) electrons. The van der Waals surface area contributed by atoms with Crippen molar-refractivity contribution in [1.82, 2.24) is 4.31 Å². The van der Waals surface area contributed by atoms with E-state index >= 15 is 0 Å². The molecule has 0 aliphatic heterocycles. The van der Waals surface area contributed by atoms with Gasteiger partial charge < -0.3 is 9.47 Å². The van der Waals surface area contributed by atoms with Crippen molar-refractivity contribution in [2.45, 2.75) is 24.4 Å². The first-order valence-electron chi connectivity index (χ1n) is 9.87. The lowest BCUT2D eigenvalue weighted by atomic mass is 10.2. The Kier molecular flexibility index (Phi) is 8.12. The summed E-state index contributed by atoms with van der Waals surface area (Å²) in [7, 11) is -0.490. The van der Waals surface area contributed by atoms with E-state index in [0.29, 0.717) is 0 Å². The Morgan fingerprint density at radius 2 is 1.13 bits per heavy atom. The zero-order valence-electron chi connectivity index (χ0n) is 17.6. The molecular formula is C24H26BrNO4S. The van der Waals surface area contributed by atoms with Gasteiger partial charge in [-0.1, -0.05) is 52.3 Å². The van der Waals surface area contributed by atoms with Crippen LogP contribution >= 0.6 is 15.9 Å². The van der Waals surface area contributed by atoms with E-state index in [2.05, 4.69) is 15.9 Å². The second kappa shape index (κ2) is 10.8. The number of ether oxygens (including phenoxy) is 2. The number of benzene rings is 3. The van der Waals surface area contributed by atoms with Gasteiger partial charge in [-0.15, -0.1) is 0 Å². The Balaban J connectivity index is 1.91. The lowest BCUT2D eigenvalue weighted by Gasteiger charge is -2.23. The lowest BCUT2D eigenvalue weighted by Crippen LogP contribution is -2.30. The van der Waals surface area contributed by atoms with Crippen LogP contribution in [0.25, 0.3) is 0 Å². The van der Waals surface area contributed by atoms with Crippen molar-refractivity contribution in [2.75, 3.05) is 19.5 Å². The molecule has 0 amide bonds. The van der Waals surface area contributed by atoms with Gasteiger partial charge in [-0.05, 0) is 59.5 Å². The first-order valence-corrected chi connectivity index (χ1v) is 12.4. The summed E-state index contributed by atoms with van der Waals surface area (Å²) in [5.41, 5.74) is 2.86. The summed E-state index contributed by atoms with van der Waals surface area (Å²) < 4.78 is 39.0. The van der Waals surface area contributed by atoms with Gasteiger partial charge in [0.1, 0.15) is 11.5 Å². The van der Waals surface area contributed by atoms with Crippen molar-refractivity contribution in [3.63, 3.8) is 0 Å². The first kappa shape index (κ1) is 23.3. The lowest BCUT2D eigenvalue weighted by molar-refractivity contribution is 0.397. The first-order chi connectivity index (χ1) is 15.0. The molecule has 0 saturated carbocycles. The van der Waals surface area contributed by atoms with Crippen LogP contribution in [0.2, 0.25) is 0 Å². The van der Waals surface area contributed by atoms with Gasteiger partial charge in [0, 0.05) is 18.4 Å². The van der Waals surface area contributed by atoms with Crippen LogP contribution < -0.4 is 9.47 Å². The molecule has 0 spiro atoms. The number of sulfonamides is 1. The summed E-state index contributed by atoms with van der Waals surface area (Å²) in [5, 5.41) is 0.833. The van der Waals surface area contributed by atoms with Crippen LogP contribution in [-0.2, 0) is 29.5 Å². The van der Waals surface area contributed by atoms with Gasteiger partial charge in [-0.25, -0.2) is 8.42 Å². The quantitative estimate of drug-likeness (QED) is 0.364. The zero-order valence-corrected chi connectivity index (χ0v) is 20.0. The van der Waals surface area contributed by atoms with Gasteiger partial charge in [0.15, 0.2) is 0 Å². The van der Waals surface area contributed by atoms with Crippen LogP contribution in [0.15, 0.2) is 77.7 Å². The Morgan fingerprint density at radius 1 is 0.710 bits per heavy atom. The molecule has 3 aromatic carbocycles. The predicted molar refractivity (Wildman–Crippen MR) is 126 cm³/mol. The van der Waals surface area contributed by atoms with E-state index in [1.54, 1.807) is 26.4 Å². The van der Waals surface area contributed by atoms with Gasteiger partial charge in [0.05, 0.1) is 19.1 Å². The highest BCUT2D eigenvalue weighted by Gasteiger charge is 2.25. The van der Waals surface area contributed by atoms with Gasteiger partial charge in [-0.3, -0.25) is 0 Å². The van der Waals surface area contributed by atoms with Crippen molar-refractivity contribution in [2.24, 2.45) is 0 Å². The van der Waals surface area contributed by atoms with Crippen molar-refractivity contribution in [1.29, 1.82) is 0 Å². The van der Waals surface area contributed by atoms with Gasteiger partial charge in [0.2, 0.25) is 10.0 Å². The summed E-state index contributed by atoms with van der Waals surface area (Å²) in [4.78, 5) is 0.285. The van der Waals surface area contributed by atoms with Gasteiger partial charge >= 0.3 is 0 Å². The average molecular weight is 504 g/mol. The van der Waals surface area contributed by atoms with Crippen LogP contribution in [-0.4, -0.2) is 32.3 Å². The fraction of sp³-hybridized carbons (Fsp3) is 0.250. The topological polar surface area (TPSA) is 55.8 Å². The van der Waals surface area contributed by atoms with Crippen LogP contribution in [0.1, 0.15) is 16.7 Å². The number of alkyl halides is 1. The molecule has 7 heteroatoms. The fourth-order valence-electron chi connectivity index (χ4n) is 3.18. The summed E-state index contributed by atoms with van der Waals surface area (Å²) in [6, 6.07) is 22.0. The molecule has 164 valence electrons. The van der Waals surface area contributed by atoms with Crippen LogP contribution in [0.4, 0.5) is 0 Å². The van der Waals surface area contributed by atoms with E-state index in [4.69, 9.17) is 9.47 Å². The minimum atomic E-state index is -3.70. The van der Waals surface area contributed by atoms with Crippen LogP contribution in [0.5, 0.6) is 11.5 Å². The maximum atomic E-state index is 13.5. The monoisotopic (exact) mass is 503 g/mol. The minimum Gasteiger partial charge on any atom is -0.497 e. The number of aryl methyl sites for hydroxylation is 1. The van der Waals surface area contributed by atoms with Gasteiger partial charge in [-0.2, -0.15) is 4.31 Å². The highest BCUT2D eigenvalue weighted by Crippen LogP contribution is 2.24. The molecule has 0 fully saturated rings. The fourth-order valence-corrected chi connectivity index (χ4v) is 5.06. The van der Waals surface area contributed by atoms with E-state index in [0.717, 1.165) is 39.9 Å². The largest absolute Gasteiger partial charge is 0.497 e. The van der Waals surface area contributed by atoms with Crippen molar-refractivity contribution < 1.29 is 17.9 Å². The number of hydrogen-bond donors (Lipinski definition) is 0. The molecular weight excluding hydrogens is 478 g/mol. The SMILES string of the molecule is COc1ccc(CN(Cc2ccc(OC)cc2)S(=O)(=O)c2ccc(CCBr)cc2)cc1. The normalized spacial score (nSPS) is 11.5. The van der Waals surface area contributed by atoms with Crippen LogP contribution in [0.3, 0.4) is 0 Å². The summed E-state index contributed by atoms with van der Waals surface area (Å²) in [6.07, 6.45) is 0.849. The Hall–Kier alpha value is -2.35. The molecule has 0 aliphatic carbocycles. The third-order valence-electron chi connectivity index (χ3n) is 4.98. The molecule has 0 unspecified atom stereocenters. The third-order valence-corrected chi connectivity index (χ3v) is 7.18. The Labute approximate surface area is 192 Å². The molecule has 0 heterocycles. The number of nitrogens with zero attached hydrogens (tertiary/aromatic N) is 1.